The number of piperidine rings is 1. The fraction of sp³-hybridized carbons (Fsp3) is 0.833. The highest BCUT2D eigenvalue weighted by molar-refractivity contribution is 5.82. The topological polar surface area (TPSA) is 75.4 Å². The number of nitrogens with one attached hydrogen (secondary N) is 1. The van der Waals surface area contributed by atoms with Crippen LogP contribution in [0.5, 0.6) is 0 Å². The Morgan fingerprint density at radius 3 is 2.76 bits per heavy atom. The van der Waals surface area contributed by atoms with Gasteiger partial charge < -0.3 is 16.0 Å². The van der Waals surface area contributed by atoms with E-state index in [9.17, 15) is 9.59 Å². The molecule has 1 heterocycles. The molecule has 1 aliphatic heterocycles. The number of rotatable bonds is 4. The van der Waals surface area contributed by atoms with Crippen molar-refractivity contribution in [2.45, 2.75) is 26.2 Å². The standard InChI is InChI=1S/C12H23N3O2/c1-3-9(7-13)12(17)15-6-4-5-10(8-15)11(16)14-2/h9-10H,3-8,13H2,1-2H3,(H,14,16). The first kappa shape index (κ1) is 14.0. The minimum Gasteiger partial charge on any atom is -0.359 e. The van der Waals surface area contributed by atoms with Gasteiger partial charge in [-0.25, -0.2) is 0 Å². The Labute approximate surface area is 103 Å². The average Bonchev–Trinajstić information content (AvgIpc) is 2.39. The van der Waals surface area contributed by atoms with Crippen LogP contribution in [-0.4, -0.2) is 43.4 Å². The molecule has 17 heavy (non-hydrogen) atoms. The molecule has 1 rings (SSSR count). The largest absolute Gasteiger partial charge is 0.359 e. The molecule has 2 amide bonds. The summed E-state index contributed by atoms with van der Waals surface area (Å²) in [5, 5.41) is 2.65. The van der Waals surface area contributed by atoms with Gasteiger partial charge in [0.25, 0.3) is 0 Å². The van der Waals surface area contributed by atoms with E-state index in [1.165, 1.54) is 0 Å². The van der Waals surface area contributed by atoms with Crippen LogP contribution < -0.4 is 11.1 Å². The fourth-order valence-corrected chi connectivity index (χ4v) is 2.30. The van der Waals surface area contributed by atoms with Crippen LogP contribution in [0.1, 0.15) is 26.2 Å². The first-order chi connectivity index (χ1) is 8.13. The van der Waals surface area contributed by atoms with Gasteiger partial charge in [0.15, 0.2) is 0 Å². The highest BCUT2D eigenvalue weighted by Gasteiger charge is 2.30. The van der Waals surface area contributed by atoms with E-state index >= 15 is 0 Å². The second kappa shape index (κ2) is 6.59. The van der Waals surface area contributed by atoms with Crippen molar-refractivity contribution in [3.63, 3.8) is 0 Å². The van der Waals surface area contributed by atoms with Gasteiger partial charge in [-0.2, -0.15) is 0 Å². The zero-order valence-corrected chi connectivity index (χ0v) is 10.7. The molecule has 0 radical (unpaired) electrons. The Morgan fingerprint density at radius 2 is 2.24 bits per heavy atom. The number of carbonyl (C=O) groups excluding carboxylic acids is 2. The normalized spacial score (nSPS) is 22.1. The molecule has 3 N–H and O–H groups in total. The third-order valence-corrected chi connectivity index (χ3v) is 3.48. The third kappa shape index (κ3) is 3.43. The van der Waals surface area contributed by atoms with E-state index in [1.807, 2.05) is 6.92 Å². The Balaban J connectivity index is 2.60. The summed E-state index contributed by atoms with van der Waals surface area (Å²) in [5.41, 5.74) is 5.58. The predicted octanol–water partition coefficient (Wildman–Crippen LogP) is -0.0441. The second-order valence-electron chi connectivity index (χ2n) is 4.58. The molecule has 1 fully saturated rings. The van der Waals surface area contributed by atoms with Crippen molar-refractivity contribution in [1.82, 2.24) is 10.2 Å². The molecule has 0 bridgehead atoms. The Hall–Kier alpha value is -1.10. The maximum absolute atomic E-state index is 12.1. The van der Waals surface area contributed by atoms with E-state index in [2.05, 4.69) is 5.32 Å². The van der Waals surface area contributed by atoms with Gasteiger partial charge in [-0.15, -0.1) is 0 Å². The number of hydrogen-bond acceptors (Lipinski definition) is 3. The number of hydrogen-bond donors (Lipinski definition) is 2. The lowest BCUT2D eigenvalue weighted by molar-refractivity contribution is -0.139. The van der Waals surface area contributed by atoms with Gasteiger partial charge in [0, 0.05) is 26.7 Å². The lowest BCUT2D eigenvalue weighted by Gasteiger charge is -2.33. The van der Waals surface area contributed by atoms with E-state index in [-0.39, 0.29) is 23.7 Å². The van der Waals surface area contributed by atoms with E-state index in [1.54, 1.807) is 11.9 Å². The summed E-state index contributed by atoms with van der Waals surface area (Å²) in [6.45, 7) is 3.64. The van der Waals surface area contributed by atoms with Crippen LogP contribution in [-0.2, 0) is 9.59 Å². The highest BCUT2D eigenvalue weighted by Crippen LogP contribution is 2.19. The zero-order chi connectivity index (χ0) is 12.8. The molecule has 2 unspecified atom stereocenters. The number of likely N-dealkylation sites (tertiary alicyclic amines) is 1. The van der Waals surface area contributed by atoms with Crippen molar-refractivity contribution < 1.29 is 9.59 Å². The lowest BCUT2D eigenvalue weighted by atomic mass is 9.95. The third-order valence-electron chi connectivity index (χ3n) is 3.48. The average molecular weight is 241 g/mol. The SMILES string of the molecule is CCC(CN)C(=O)N1CCCC(C(=O)NC)C1. The molecule has 5 nitrogen and oxygen atoms in total. The zero-order valence-electron chi connectivity index (χ0n) is 10.7. The first-order valence-corrected chi connectivity index (χ1v) is 6.34. The van der Waals surface area contributed by atoms with Gasteiger partial charge in [0.1, 0.15) is 0 Å². The summed E-state index contributed by atoms with van der Waals surface area (Å²) in [6.07, 6.45) is 2.52. The number of carbonyl (C=O) groups is 2. The van der Waals surface area contributed by atoms with E-state index < -0.39 is 0 Å². The predicted molar refractivity (Wildman–Crippen MR) is 66.2 cm³/mol. The van der Waals surface area contributed by atoms with Crippen LogP contribution in [0.2, 0.25) is 0 Å². The molecule has 0 spiro atoms. The minimum absolute atomic E-state index is 0.0308. The molecule has 0 aromatic heterocycles. The Morgan fingerprint density at radius 1 is 1.53 bits per heavy atom. The monoisotopic (exact) mass is 241 g/mol. The van der Waals surface area contributed by atoms with E-state index in [4.69, 9.17) is 5.73 Å². The van der Waals surface area contributed by atoms with E-state index in [0.29, 0.717) is 13.1 Å². The molecule has 1 saturated heterocycles. The van der Waals surface area contributed by atoms with Crippen LogP contribution in [0.4, 0.5) is 0 Å². The van der Waals surface area contributed by atoms with Crippen LogP contribution in [0, 0.1) is 11.8 Å². The van der Waals surface area contributed by atoms with Crippen molar-refractivity contribution in [2.24, 2.45) is 17.6 Å². The van der Waals surface area contributed by atoms with Gasteiger partial charge in [-0.05, 0) is 19.3 Å². The molecule has 98 valence electrons. The number of nitrogens with zero attached hydrogens (tertiary/aromatic N) is 1. The maximum Gasteiger partial charge on any atom is 0.226 e. The molecular weight excluding hydrogens is 218 g/mol. The lowest BCUT2D eigenvalue weighted by Crippen LogP contribution is -2.47. The van der Waals surface area contributed by atoms with Gasteiger partial charge in [-0.1, -0.05) is 6.92 Å². The maximum atomic E-state index is 12.1. The van der Waals surface area contributed by atoms with Crippen molar-refractivity contribution in [1.29, 1.82) is 0 Å². The van der Waals surface area contributed by atoms with Crippen molar-refractivity contribution in [3.8, 4) is 0 Å². The van der Waals surface area contributed by atoms with Crippen LogP contribution in [0.3, 0.4) is 0 Å². The smallest absolute Gasteiger partial charge is 0.226 e. The minimum atomic E-state index is -0.0987. The van der Waals surface area contributed by atoms with Crippen molar-refractivity contribution in [3.05, 3.63) is 0 Å². The summed E-state index contributed by atoms with van der Waals surface area (Å²) in [5.74, 6) is -0.0293. The molecule has 2 atom stereocenters. The molecule has 1 aliphatic rings. The van der Waals surface area contributed by atoms with Crippen molar-refractivity contribution in [2.75, 3.05) is 26.7 Å². The quantitative estimate of drug-likeness (QED) is 0.725. The Bertz CT molecular complexity index is 277. The number of nitrogens with two attached hydrogens (primary N) is 1. The summed E-state index contributed by atoms with van der Waals surface area (Å²) >= 11 is 0. The fourth-order valence-electron chi connectivity index (χ4n) is 2.30. The first-order valence-electron chi connectivity index (χ1n) is 6.34. The number of amides is 2. The molecule has 0 saturated carbocycles. The van der Waals surface area contributed by atoms with Crippen LogP contribution in [0.15, 0.2) is 0 Å². The molecule has 0 aromatic rings. The summed E-state index contributed by atoms with van der Waals surface area (Å²) in [4.78, 5) is 25.5. The van der Waals surface area contributed by atoms with Gasteiger partial charge >= 0.3 is 0 Å². The van der Waals surface area contributed by atoms with Crippen LogP contribution >= 0.6 is 0 Å². The Kier molecular flexibility index (Phi) is 5.41. The summed E-state index contributed by atoms with van der Waals surface area (Å²) < 4.78 is 0. The molecule has 0 aromatic carbocycles. The molecule has 0 aliphatic carbocycles. The van der Waals surface area contributed by atoms with Gasteiger partial charge in [0.05, 0.1) is 11.8 Å². The van der Waals surface area contributed by atoms with Gasteiger partial charge in [-0.3, -0.25) is 9.59 Å². The van der Waals surface area contributed by atoms with Gasteiger partial charge in [0.2, 0.25) is 11.8 Å². The van der Waals surface area contributed by atoms with Crippen LogP contribution in [0.25, 0.3) is 0 Å². The van der Waals surface area contributed by atoms with E-state index in [0.717, 1.165) is 25.8 Å². The molecule has 5 heteroatoms. The highest BCUT2D eigenvalue weighted by atomic mass is 16.2. The molecular formula is C12H23N3O2. The summed E-state index contributed by atoms with van der Waals surface area (Å²) in [7, 11) is 1.64. The summed E-state index contributed by atoms with van der Waals surface area (Å²) in [6, 6.07) is 0. The second-order valence-corrected chi connectivity index (χ2v) is 4.58. The van der Waals surface area contributed by atoms with Crippen molar-refractivity contribution >= 4 is 11.8 Å².